The maximum Gasteiger partial charge on any atom is 0.254 e. The van der Waals surface area contributed by atoms with Crippen molar-refractivity contribution in [3.05, 3.63) is 64.4 Å². The van der Waals surface area contributed by atoms with E-state index in [9.17, 15) is 9.18 Å². The molecule has 5 heteroatoms. The zero-order valence-corrected chi connectivity index (χ0v) is 11.2. The Bertz CT molecular complexity index is 675. The highest BCUT2D eigenvalue weighted by atomic mass is 35.5. The Morgan fingerprint density at radius 2 is 2.10 bits per heavy atom. The predicted octanol–water partition coefficient (Wildman–Crippen LogP) is 3.34. The summed E-state index contributed by atoms with van der Waals surface area (Å²) in [6, 6.07) is 11.1. The molecule has 0 radical (unpaired) electrons. The molecule has 2 aromatic rings. The summed E-state index contributed by atoms with van der Waals surface area (Å²) in [7, 11) is 0. The van der Waals surface area contributed by atoms with Gasteiger partial charge in [-0.15, -0.1) is 0 Å². The van der Waals surface area contributed by atoms with E-state index in [1.165, 1.54) is 18.2 Å². The number of benzene rings is 2. The van der Waals surface area contributed by atoms with Crippen molar-refractivity contribution in [3.63, 3.8) is 0 Å². The molecule has 1 heterocycles. The van der Waals surface area contributed by atoms with Gasteiger partial charge in [-0.3, -0.25) is 4.79 Å². The largest absolute Gasteiger partial charge is 0.491 e. The van der Waals surface area contributed by atoms with Crippen molar-refractivity contribution in [1.82, 2.24) is 5.32 Å². The van der Waals surface area contributed by atoms with Gasteiger partial charge in [-0.1, -0.05) is 29.8 Å². The third kappa shape index (κ3) is 2.34. The normalized spacial score (nSPS) is 16.4. The standard InChI is InChI=1S/C15H11ClFNO2/c16-9-5-6-12(17)11(7-9)15(19)18-13-8-20-14-4-2-1-3-10(13)14/h1-7,13H,8H2,(H,18,19). The molecular formula is C15H11ClFNO2. The van der Waals surface area contributed by atoms with Gasteiger partial charge in [-0.05, 0) is 24.3 Å². The number of halogens is 2. The van der Waals surface area contributed by atoms with E-state index >= 15 is 0 Å². The molecule has 0 bridgehead atoms. The summed E-state index contributed by atoms with van der Waals surface area (Å²) < 4.78 is 19.1. The van der Waals surface area contributed by atoms with Gasteiger partial charge in [0.05, 0.1) is 11.6 Å². The molecule has 0 spiro atoms. The van der Waals surface area contributed by atoms with Crippen molar-refractivity contribution in [3.8, 4) is 5.75 Å². The number of para-hydroxylation sites is 1. The van der Waals surface area contributed by atoms with E-state index in [2.05, 4.69) is 5.32 Å². The van der Waals surface area contributed by atoms with Crippen LogP contribution >= 0.6 is 11.6 Å². The molecule has 1 atom stereocenters. The van der Waals surface area contributed by atoms with Crippen molar-refractivity contribution < 1.29 is 13.9 Å². The number of nitrogens with one attached hydrogen (secondary N) is 1. The second kappa shape index (κ2) is 5.13. The molecule has 3 rings (SSSR count). The minimum atomic E-state index is -0.598. The Kier molecular flexibility index (Phi) is 3.32. The fraction of sp³-hybridized carbons (Fsp3) is 0.133. The molecule has 1 aliphatic heterocycles. The fourth-order valence-corrected chi connectivity index (χ4v) is 2.36. The van der Waals surface area contributed by atoms with Crippen LogP contribution in [0.25, 0.3) is 0 Å². The van der Waals surface area contributed by atoms with E-state index in [0.29, 0.717) is 11.6 Å². The van der Waals surface area contributed by atoms with E-state index in [1.54, 1.807) is 0 Å². The van der Waals surface area contributed by atoms with Crippen LogP contribution < -0.4 is 10.1 Å². The predicted molar refractivity (Wildman–Crippen MR) is 73.6 cm³/mol. The van der Waals surface area contributed by atoms with Crippen LogP contribution in [0.3, 0.4) is 0 Å². The van der Waals surface area contributed by atoms with Gasteiger partial charge in [0.15, 0.2) is 0 Å². The topological polar surface area (TPSA) is 38.3 Å². The van der Waals surface area contributed by atoms with Gasteiger partial charge in [0.25, 0.3) is 5.91 Å². The number of amides is 1. The number of hydrogen-bond acceptors (Lipinski definition) is 2. The molecule has 1 unspecified atom stereocenters. The van der Waals surface area contributed by atoms with E-state index in [0.717, 1.165) is 11.3 Å². The van der Waals surface area contributed by atoms with Crippen molar-refractivity contribution in [1.29, 1.82) is 0 Å². The van der Waals surface area contributed by atoms with Crippen LogP contribution in [0.4, 0.5) is 4.39 Å². The number of carbonyl (C=O) groups is 1. The number of ether oxygens (including phenoxy) is 1. The molecule has 0 saturated carbocycles. The third-order valence-corrected chi connectivity index (χ3v) is 3.41. The van der Waals surface area contributed by atoms with Gasteiger partial charge in [0.1, 0.15) is 18.2 Å². The lowest BCUT2D eigenvalue weighted by atomic mass is 10.1. The van der Waals surface area contributed by atoms with Crippen LogP contribution in [-0.4, -0.2) is 12.5 Å². The number of fused-ring (bicyclic) bond motifs is 1. The smallest absolute Gasteiger partial charge is 0.254 e. The van der Waals surface area contributed by atoms with Crippen LogP contribution in [-0.2, 0) is 0 Å². The Labute approximate surface area is 120 Å². The summed E-state index contributed by atoms with van der Waals surface area (Å²) in [5, 5.41) is 3.08. The van der Waals surface area contributed by atoms with Gasteiger partial charge in [-0.25, -0.2) is 4.39 Å². The van der Waals surface area contributed by atoms with Gasteiger partial charge in [-0.2, -0.15) is 0 Å². The van der Waals surface area contributed by atoms with Gasteiger partial charge < -0.3 is 10.1 Å². The molecule has 20 heavy (non-hydrogen) atoms. The van der Waals surface area contributed by atoms with Gasteiger partial charge in [0.2, 0.25) is 0 Å². The first-order chi connectivity index (χ1) is 9.65. The summed E-state index contributed by atoms with van der Waals surface area (Å²) >= 11 is 5.79. The number of hydrogen-bond donors (Lipinski definition) is 1. The highest BCUT2D eigenvalue weighted by Gasteiger charge is 2.26. The Balaban J connectivity index is 1.82. The first kappa shape index (κ1) is 12.9. The molecule has 1 N–H and O–H groups in total. The van der Waals surface area contributed by atoms with Crippen LogP contribution in [0.15, 0.2) is 42.5 Å². The second-order valence-corrected chi connectivity index (χ2v) is 4.94. The lowest BCUT2D eigenvalue weighted by Crippen LogP contribution is -2.30. The van der Waals surface area contributed by atoms with Crippen molar-refractivity contribution in [2.45, 2.75) is 6.04 Å². The summed E-state index contributed by atoms with van der Waals surface area (Å²) in [5.74, 6) is -0.362. The zero-order valence-electron chi connectivity index (χ0n) is 10.4. The molecule has 1 amide bonds. The molecule has 0 aliphatic carbocycles. The molecular weight excluding hydrogens is 281 g/mol. The number of carbonyl (C=O) groups excluding carboxylic acids is 1. The van der Waals surface area contributed by atoms with Crippen LogP contribution in [0.5, 0.6) is 5.75 Å². The van der Waals surface area contributed by atoms with Crippen LogP contribution in [0, 0.1) is 5.82 Å². The Morgan fingerprint density at radius 1 is 1.30 bits per heavy atom. The van der Waals surface area contributed by atoms with Crippen molar-refractivity contribution >= 4 is 17.5 Å². The average molecular weight is 292 g/mol. The van der Waals surface area contributed by atoms with E-state index < -0.39 is 11.7 Å². The monoisotopic (exact) mass is 291 g/mol. The SMILES string of the molecule is O=C(NC1COc2ccccc21)c1cc(Cl)ccc1F. The maximum atomic E-state index is 13.6. The summed E-state index contributed by atoms with van der Waals surface area (Å²) in [5.41, 5.74) is 0.824. The third-order valence-electron chi connectivity index (χ3n) is 3.18. The second-order valence-electron chi connectivity index (χ2n) is 4.50. The molecule has 0 saturated heterocycles. The lowest BCUT2D eigenvalue weighted by Gasteiger charge is -2.12. The molecule has 0 fully saturated rings. The quantitative estimate of drug-likeness (QED) is 0.921. The van der Waals surface area contributed by atoms with Crippen LogP contribution in [0.1, 0.15) is 22.0 Å². The fourth-order valence-electron chi connectivity index (χ4n) is 2.19. The first-order valence-electron chi connectivity index (χ1n) is 6.13. The van der Waals surface area contributed by atoms with Crippen molar-refractivity contribution in [2.75, 3.05) is 6.61 Å². The average Bonchev–Trinajstić information content (AvgIpc) is 2.85. The Morgan fingerprint density at radius 3 is 2.95 bits per heavy atom. The Hall–Kier alpha value is -2.07. The minimum Gasteiger partial charge on any atom is -0.491 e. The lowest BCUT2D eigenvalue weighted by molar-refractivity contribution is 0.0926. The maximum absolute atomic E-state index is 13.6. The molecule has 3 nitrogen and oxygen atoms in total. The summed E-state index contributed by atoms with van der Waals surface area (Å²) in [4.78, 5) is 12.1. The minimum absolute atomic E-state index is 0.0677. The molecule has 2 aromatic carbocycles. The van der Waals surface area contributed by atoms with Gasteiger partial charge in [0, 0.05) is 10.6 Å². The highest BCUT2D eigenvalue weighted by Crippen LogP contribution is 2.31. The zero-order chi connectivity index (χ0) is 14.1. The van der Waals surface area contributed by atoms with E-state index in [1.807, 2.05) is 24.3 Å². The first-order valence-corrected chi connectivity index (χ1v) is 6.50. The van der Waals surface area contributed by atoms with Gasteiger partial charge >= 0.3 is 0 Å². The number of rotatable bonds is 2. The molecule has 1 aliphatic rings. The van der Waals surface area contributed by atoms with Crippen molar-refractivity contribution in [2.24, 2.45) is 0 Å². The molecule has 102 valence electrons. The van der Waals surface area contributed by atoms with E-state index in [4.69, 9.17) is 16.3 Å². The summed E-state index contributed by atoms with van der Waals surface area (Å²) in [6.07, 6.45) is 0. The molecule has 0 aromatic heterocycles. The van der Waals surface area contributed by atoms with Crippen LogP contribution in [0.2, 0.25) is 5.02 Å². The van der Waals surface area contributed by atoms with E-state index in [-0.39, 0.29) is 11.6 Å². The summed E-state index contributed by atoms with van der Waals surface area (Å²) in [6.45, 7) is 0.341. The highest BCUT2D eigenvalue weighted by molar-refractivity contribution is 6.31.